The van der Waals surface area contributed by atoms with Crippen LogP contribution in [0.4, 0.5) is 29.7 Å². The number of hydrogen-bond acceptors (Lipinski definition) is 5. The predicted molar refractivity (Wildman–Crippen MR) is 148 cm³/mol. The van der Waals surface area contributed by atoms with E-state index in [9.17, 15) is 27.6 Å². The van der Waals surface area contributed by atoms with Crippen LogP contribution in [-0.4, -0.2) is 29.8 Å². The van der Waals surface area contributed by atoms with Crippen molar-refractivity contribution in [3.8, 4) is 11.1 Å². The lowest BCUT2D eigenvalue weighted by molar-refractivity contribution is -0.138. The van der Waals surface area contributed by atoms with Crippen molar-refractivity contribution < 1.29 is 27.6 Å². The number of benzene rings is 3. The first-order valence-electron chi connectivity index (χ1n) is 12.3. The molecule has 5 rings (SSSR count). The summed E-state index contributed by atoms with van der Waals surface area (Å²) < 4.78 is 41.1. The molecular weight excluding hydrogens is 541 g/mol. The summed E-state index contributed by atoms with van der Waals surface area (Å²) in [4.78, 5) is 42.7. The predicted octanol–water partition coefficient (Wildman–Crippen LogP) is 6.09. The summed E-state index contributed by atoms with van der Waals surface area (Å²) in [6.07, 6.45) is -3.47. The maximum Gasteiger partial charge on any atom is 0.416 e. The Bertz CT molecular complexity index is 1600. The van der Waals surface area contributed by atoms with Gasteiger partial charge in [0.2, 0.25) is 12.3 Å². The number of hydrogen-bond donors (Lipinski definition) is 2. The van der Waals surface area contributed by atoms with Crippen LogP contribution in [0.5, 0.6) is 0 Å². The Morgan fingerprint density at radius 1 is 1.10 bits per heavy atom. The molecule has 0 unspecified atom stereocenters. The molecule has 0 spiro atoms. The fraction of sp³-hybridized carbons (Fsp3) is 0.172. The zero-order chi connectivity index (χ0) is 28.4. The molecule has 2 N–H and O–H groups in total. The van der Waals surface area contributed by atoms with Crippen LogP contribution in [0.3, 0.4) is 0 Å². The van der Waals surface area contributed by atoms with Gasteiger partial charge in [-0.1, -0.05) is 36.4 Å². The van der Waals surface area contributed by atoms with E-state index >= 15 is 0 Å². The van der Waals surface area contributed by atoms with Gasteiger partial charge >= 0.3 is 6.18 Å². The number of aryl methyl sites for hydroxylation is 1. The van der Waals surface area contributed by atoms with Crippen molar-refractivity contribution in [2.45, 2.75) is 25.9 Å². The van der Waals surface area contributed by atoms with Crippen LogP contribution in [0.2, 0.25) is 0 Å². The molecule has 3 aromatic carbocycles. The van der Waals surface area contributed by atoms with E-state index in [0.717, 1.165) is 11.6 Å². The molecule has 4 aromatic rings. The summed E-state index contributed by atoms with van der Waals surface area (Å²) in [7, 11) is 0. The minimum absolute atomic E-state index is 0.0269. The van der Waals surface area contributed by atoms with E-state index in [1.165, 1.54) is 24.3 Å². The van der Waals surface area contributed by atoms with Crippen LogP contribution in [0, 0.1) is 6.92 Å². The van der Waals surface area contributed by atoms with E-state index in [4.69, 9.17) is 0 Å². The maximum atomic E-state index is 13.7. The summed E-state index contributed by atoms with van der Waals surface area (Å²) >= 11 is 1.23. The molecule has 0 saturated heterocycles. The summed E-state index contributed by atoms with van der Waals surface area (Å²) in [6, 6.07) is 16.1. The van der Waals surface area contributed by atoms with Crippen molar-refractivity contribution in [2.75, 3.05) is 22.1 Å². The molecule has 2 heterocycles. The van der Waals surface area contributed by atoms with Gasteiger partial charge in [-0.05, 0) is 59.9 Å². The molecule has 0 atom stereocenters. The molecule has 1 aliphatic rings. The fourth-order valence-electron chi connectivity index (χ4n) is 4.75. The number of alkyl halides is 3. The molecule has 0 fully saturated rings. The summed E-state index contributed by atoms with van der Waals surface area (Å²) in [5.74, 6) is -0.830. The van der Waals surface area contributed by atoms with E-state index in [1.54, 1.807) is 58.8 Å². The number of nitrogens with zero attached hydrogens (tertiary/aromatic N) is 2. The molecule has 3 amide bonds. The fourth-order valence-corrected chi connectivity index (χ4v) is 5.42. The van der Waals surface area contributed by atoms with Gasteiger partial charge in [0.1, 0.15) is 0 Å². The van der Waals surface area contributed by atoms with Crippen molar-refractivity contribution >= 4 is 46.1 Å². The van der Waals surface area contributed by atoms with Gasteiger partial charge in [-0.2, -0.15) is 13.2 Å². The van der Waals surface area contributed by atoms with Crippen LogP contribution >= 0.6 is 11.3 Å². The number of carbonyl (C=O) groups excluding carboxylic acids is 3. The molecular formula is C29H23F3N4O3S. The third-order valence-electron chi connectivity index (χ3n) is 6.60. The second kappa shape index (κ2) is 10.9. The number of carbonyl (C=O) groups is 3. The Labute approximate surface area is 231 Å². The van der Waals surface area contributed by atoms with Crippen LogP contribution in [0.1, 0.15) is 32.7 Å². The first-order valence-corrected chi connectivity index (χ1v) is 13.2. The Hall–Kier alpha value is -4.51. The first kappa shape index (κ1) is 27.1. The lowest BCUT2D eigenvalue weighted by Crippen LogP contribution is -2.30. The van der Waals surface area contributed by atoms with E-state index in [1.807, 2.05) is 0 Å². The third kappa shape index (κ3) is 5.59. The first-order chi connectivity index (χ1) is 19.1. The lowest BCUT2D eigenvalue weighted by atomic mass is 9.93. The van der Waals surface area contributed by atoms with Crippen LogP contribution in [0.15, 0.2) is 66.0 Å². The summed E-state index contributed by atoms with van der Waals surface area (Å²) in [5.41, 5.74) is 2.58. The van der Waals surface area contributed by atoms with E-state index in [0.29, 0.717) is 52.7 Å². The van der Waals surface area contributed by atoms with Crippen LogP contribution < -0.4 is 15.5 Å². The average molecular weight is 565 g/mol. The van der Waals surface area contributed by atoms with Crippen molar-refractivity contribution in [1.29, 1.82) is 0 Å². The topological polar surface area (TPSA) is 91.4 Å². The van der Waals surface area contributed by atoms with E-state index < -0.39 is 17.6 Å². The SMILES string of the molecule is Cc1cc(-c2ccccc2)c(C(=O)Nc2ccc3c(c2)CCN3C(=O)Cc2csc(NC=O)n2)cc1C(F)(F)F. The number of thiazole rings is 1. The van der Waals surface area contributed by atoms with Gasteiger partial charge in [-0.3, -0.25) is 14.4 Å². The number of aromatic nitrogens is 1. The molecule has 7 nitrogen and oxygen atoms in total. The number of halogens is 3. The number of amides is 3. The van der Waals surface area contributed by atoms with Gasteiger partial charge in [0, 0.05) is 28.9 Å². The minimum Gasteiger partial charge on any atom is -0.322 e. The molecule has 0 radical (unpaired) electrons. The van der Waals surface area contributed by atoms with Gasteiger partial charge in [0.15, 0.2) is 5.13 Å². The highest BCUT2D eigenvalue weighted by Crippen LogP contribution is 2.37. The Balaban J connectivity index is 1.38. The van der Waals surface area contributed by atoms with Crippen molar-refractivity contribution in [3.63, 3.8) is 0 Å². The largest absolute Gasteiger partial charge is 0.416 e. The normalized spacial score (nSPS) is 12.7. The van der Waals surface area contributed by atoms with Gasteiger partial charge in [-0.25, -0.2) is 4.98 Å². The van der Waals surface area contributed by atoms with Gasteiger partial charge < -0.3 is 15.5 Å². The standard InChI is InChI=1S/C29H23F3N4O3S/c1-17-11-22(18-5-3-2-4-6-18)23(14-24(17)29(30,31)32)27(39)34-20-7-8-25-19(12-20)9-10-36(25)26(38)13-21-15-40-28(35-21)33-16-37/h2-8,11-12,14-16H,9-10,13H2,1H3,(H,34,39)(H,33,35,37). The quantitative estimate of drug-likeness (QED) is 0.266. The van der Waals surface area contributed by atoms with Gasteiger partial charge in [-0.15, -0.1) is 11.3 Å². The number of nitrogens with one attached hydrogen (secondary N) is 2. The van der Waals surface area contributed by atoms with Gasteiger partial charge in [0.05, 0.1) is 17.7 Å². The highest BCUT2D eigenvalue weighted by molar-refractivity contribution is 7.13. The molecule has 1 aromatic heterocycles. The lowest BCUT2D eigenvalue weighted by Gasteiger charge is -2.18. The number of rotatable bonds is 7. The van der Waals surface area contributed by atoms with Crippen molar-refractivity contribution in [1.82, 2.24) is 4.98 Å². The van der Waals surface area contributed by atoms with E-state index in [-0.39, 0.29) is 23.5 Å². The zero-order valence-electron chi connectivity index (χ0n) is 21.2. The van der Waals surface area contributed by atoms with Crippen molar-refractivity contribution in [3.05, 3.63) is 94.0 Å². The Morgan fingerprint density at radius 2 is 1.88 bits per heavy atom. The molecule has 1 aliphatic heterocycles. The second-order valence-electron chi connectivity index (χ2n) is 9.25. The Morgan fingerprint density at radius 3 is 2.60 bits per heavy atom. The Kier molecular flexibility index (Phi) is 7.40. The van der Waals surface area contributed by atoms with Crippen LogP contribution in [-0.2, 0) is 28.6 Å². The smallest absolute Gasteiger partial charge is 0.322 e. The number of fused-ring (bicyclic) bond motifs is 1. The van der Waals surface area contributed by atoms with Crippen molar-refractivity contribution in [2.24, 2.45) is 0 Å². The molecule has 0 bridgehead atoms. The summed E-state index contributed by atoms with van der Waals surface area (Å²) in [6.45, 7) is 1.82. The molecule has 204 valence electrons. The maximum absolute atomic E-state index is 13.7. The molecule has 0 aliphatic carbocycles. The van der Waals surface area contributed by atoms with E-state index in [2.05, 4.69) is 15.6 Å². The zero-order valence-corrected chi connectivity index (χ0v) is 22.0. The summed E-state index contributed by atoms with van der Waals surface area (Å²) in [5, 5.41) is 7.31. The average Bonchev–Trinajstić information content (AvgIpc) is 3.55. The second-order valence-corrected chi connectivity index (χ2v) is 10.1. The highest BCUT2D eigenvalue weighted by atomic mass is 32.1. The highest BCUT2D eigenvalue weighted by Gasteiger charge is 2.34. The molecule has 11 heteroatoms. The molecule has 40 heavy (non-hydrogen) atoms. The van der Waals surface area contributed by atoms with Crippen LogP contribution in [0.25, 0.3) is 11.1 Å². The van der Waals surface area contributed by atoms with Gasteiger partial charge in [0.25, 0.3) is 5.91 Å². The number of anilines is 3. The minimum atomic E-state index is -4.61. The molecule has 0 saturated carbocycles. The third-order valence-corrected chi connectivity index (χ3v) is 7.42. The monoisotopic (exact) mass is 564 g/mol.